The Hall–Kier alpha value is -2.00. The van der Waals surface area contributed by atoms with E-state index in [2.05, 4.69) is 31.4 Å². The predicted molar refractivity (Wildman–Crippen MR) is 90.6 cm³/mol. The molecule has 0 fully saturated rings. The van der Waals surface area contributed by atoms with Crippen LogP contribution in [0, 0.1) is 6.92 Å². The summed E-state index contributed by atoms with van der Waals surface area (Å²) >= 11 is 6.12. The molecule has 0 aliphatic rings. The molecule has 0 unspecified atom stereocenters. The fourth-order valence-corrected chi connectivity index (χ4v) is 2.81. The number of benzene rings is 2. The number of ether oxygens (including phenoxy) is 1. The highest BCUT2D eigenvalue weighted by atomic mass is 35.5. The van der Waals surface area contributed by atoms with Gasteiger partial charge in [0.1, 0.15) is 18.2 Å². The predicted octanol–water partition coefficient (Wildman–Crippen LogP) is 5.16. The summed E-state index contributed by atoms with van der Waals surface area (Å²) in [5, 5.41) is 0.723. The minimum atomic E-state index is 0.291. The molecule has 114 valence electrons. The lowest BCUT2D eigenvalue weighted by Crippen LogP contribution is -2.09. The first-order valence-electron chi connectivity index (χ1n) is 7.40. The summed E-state index contributed by atoms with van der Waals surface area (Å²) in [6, 6.07) is 14.1. The van der Waals surface area contributed by atoms with E-state index in [4.69, 9.17) is 21.3 Å². The topological polar surface area (TPSA) is 27.1 Å². The van der Waals surface area contributed by atoms with Gasteiger partial charge in [0, 0.05) is 11.1 Å². The van der Waals surface area contributed by atoms with Gasteiger partial charge in [0.15, 0.2) is 0 Å². The molecule has 22 heavy (non-hydrogen) atoms. The van der Waals surface area contributed by atoms with Gasteiger partial charge in [-0.2, -0.15) is 0 Å². The summed E-state index contributed by atoms with van der Waals surface area (Å²) in [5.74, 6) is 1.77. The number of fused-ring (bicyclic) bond motifs is 1. The number of hydrogen-bond donors (Lipinski definition) is 0. The summed E-state index contributed by atoms with van der Waals surface area (Å²) < 4.78 is 8.08. The number of imidazole rings is 1. The molecule has 0 bridgehead atoms. The first-order valence-corrected chi connectivity index (χ1v) is 7.78. The molecule has 0 atom stereocenters. The maximum absolute atomic E-state index is 6.12. The summed E-state index contributed by atoms with van der Waals surface area (Å²) in [5.41, 5.74) is 3.17. The van der Waals surface area contributed by atoms with Crippen molar-refractivity contribution in [3.05, 3.63) is 58.9 Å². The lowest BCUT2D eigenvalue weighted by Gasteiger charge is -2.14. The minimum absolute atomic E-state index is 0.291. The average Bonchev–Trinajstić information content (AvgIpc) is 2.83. The lowest BCUT2D eigenvalue weighted by atomic mass is 10.2. The Kier molecular flexibility index (Phi) is 4.08. The number of nitrogens with zero attached hydrogens (tertiary/aromatic N) is 2. The molecule has 0 aliphatic heterocycles. The van der Waals surface area contributed by atoms with Crippen molar-refractivity contribution in [3.63, 3.8) is 0 Å². The van der Waals surface area contributed by atoms with Crippen LogP contribution < -0.4 is 4.74 Å². The van der Waals surface area contributed by atoms with Gasteiger partial charge in [0.25, 0.3) is 0 Å². The van der Waals surface area contributed by atoms with E-state index in [0.717, 1.165) is 27.6 Å². The minimum Gasteiger partial charge on any atom is -0.486 e. The molecule has 0 aliphatic carbocycles. The maximum Gasteiger partial charge on any atom is 0.148 e. The van der Waals surface area contributed by atoms with Gasteiger partial charge in [0.2, 0.25) is 0 Å². The Bertz CT molecular complexity index is 808. The van der Waals surface area contributed by atoms with E-state index in [9.17, 15) is 0 Å². The van der Waals surface area contributed by atoms with Crippen molar-refractivity contribution in [1.29, 1.82) is 0 Å². The van der Waals surface area contributed by atoms with E-state index in [0.29, 0.717) is 12.6 Å². The number of aromatic nitrogens is 2. The number of halogens is 1. The Labute approximate surface area is 135 Å². The number of rotatable bonds is 4. The largest absolute Gasteiger partial charge is 0.486 e. The standard InChI is InChI=1S/C18H19ClN2O/c1-12(2)21-17-10-14(19)7-8-16(17)20-18(21)11-22-15-6-4-5-13(3)9-15/h4-10,12H,11H2,1-3H3. The molecular formula is C18H19ClN2O. The molecule has 0 spiro atoms. The monoisotopic (exact) mass is 314 g/mol. The maximum atomic E-state index is 6.12. The SMILES string of the molecule is Cc1cccc(OCc2nc3ccc(Cl)cc3n2C(C)C)c1. The number of aryl methyl sites for hydroxylation is 1. The van der Waals surface area contributed by atoms with E-state index in [1.807, 2.05) is 36.4 Å². The fourth-order valence-electron chi connectivity index (χ4n) is 2.65. The van der Waals surface area contributed by atoms with Crippen LogP contribution in [-0.4, -0.2) is 9.55 Å². The van der Waals surface area contributed by atoms with Gasteiger partial charge >= 0.3 is 0 Å². The van der Waals surface area contributed by atoms with Crippen molar-refractivity contribution in [2.75, 3.05) is 0 Å². The van der Waals surface area contributed by atoms with Crippen LogP contribution in [0.1, 0.15) is 31.3 Å². The Morgan fingerprint density at radius 1 is 1.18 bits per heavy atom. The third-order valence-corrected chi connectivity index (χ3v) is 3.83. The van der Waals surface area contributed by atoms with Gasteiger partial charge in [-0.05, 0) is 56.7 Å². The van der Waals surface area contributed by atoms with E-state index < -0.39 is 0 Å². The van der Waals surface area contributed by atoms with Crippen LogP contribution in [-0.2, 0) is 6.61 Å². The molecule has 3 aromatic rings. The lowest BCUT2D eigenvalue weighted by molar-refractivity contribution is 0.287. The Morgan fingerprint density at radius 3 is 2.73 bits per heavy atom. The summed E-state index contributed by atoms with van der Waals surface area (Å²) in [6.07, 6.45) is 0. The first-order chi connectivity index (χ1) is 10.5. The van der Waals surface area contributed by atoms with Crippen LogP contribution in [0.4, 0.5) is 0 Å². The molecule has 0 saturated heterocycles. The molecule has 0 radical (unpaired) electrons. The molecular weight excluding hydrogens is 296 g/mol. The van der Waals surface area contributed by atoms with Gasteiger partial charge in [-0.3, -0.25) is 0 Å². The normalized spacial score (nSPS) is 11.3. The highest BCUT2D eigenvalue weighted by molar-refractivity contribution is 6.31. The van der Waals surface area contributed by atoms with Gasteiger partial charge in [-0.1, -0.05) is 23.7 Å². The quantitative estimate of drug-likeness (QED) is 0.665. The van der Waals surface area contributed by atoms with Crippen LogP contribution in [0.5, 0.6) is 5.75 Å². The Balaban J connectivity index is 1.94. The summed E-state index contributed by atoms with van der Waals surface area (Å²) in [6.45, 7) is 6.77. The molecule has 0 N–H and O–H groups in total. The fraction of sp³-hybridized carbons (Fsp3) is 0.278. The third kappa shape index (κ3) is 2.95. The highest BCUT2D eigenvalue weighted by Crippen LogP contribution is 2.25. The van der Waals surface area contributed by atoms with Crippen LogP contribution in [0.25, 0.3) is 11.0 Å². The van der Waals surface area contributed by atoms with Gasteiger partial charge < -0.3 is 9.30 Å². The van der Waals surface area contributed by atoms with E-state index in [1.165, 1.54) is 5.56 Å². The third-order valence-electron chi connectivity index (χ3n) is 3.60. The van der Waals surface area contributed by atoms with Crippen molar-refractivity contribution in [2.45, 2.75) is 33.4 Å². The molecule has 0 amide bonds. The van der Waals surface area contributed by atoms with Crippen LogP contribution in [0.2, 0.25) is 5.02 Å². The highest BCUT2D eigenvalue weighted by Gasteiger charge is 2.14. The van der Waals surface area contributed by atoms with Gasteiger partial charge in [-0.15, -0.1) is 0 Å². The van der Waals surface area contributed by atoms with Gasteiger partial charge in [0.05, 0.1) is 11.0 Å². The molecule has 4 heteroatoms. The first kappa shape index (κ1) is 14.9. The van der Waals surface area contributed by atoms with Crippen LogP contribution in [0.3, 0.4) is 0 Å². The van der Waals surface area contributed by atoms with E-state index in [1.54, 1.807) is 0 Å². The van der Waals surface area contributed by atoms with Crippen molar-refractivity contribution in [2.24, 2.45) is 0 Å². The van der Waals surface area contributed by atoms with Crippen molar-refractivity contribution in [3.8, 4) is 5.75 Å². The van der Waals surface area contributed by atoms with E-state index in [-0.39, 0.29) is 0 Å². The second-order valence-electron chi connectivity index (χ2n) is 5.73. The molecule has 2 aromatic carbocycles. The van der Waals surface area contributed by atoms with Crippen LogP contribution >= 0.6 is 11.6 Å². The van der Waals surface area contributed by atoms with Crippen LogP contribution in [0.15, 0.2) is 42.5 Å². The molecule has 1 aromatic heterocycles. The zero-order valence-corrected chi connectivity index (χ0v) is 13.8. The molecule has 1 heterocycles. The summed E-state index contributed by atoms with van der Waals surface area (Å²) in [7, 11) is 0. The molecule has 3 rings (SSSR count). The average molecular weight is 315 g/mol. The molecule has 3 nitrogen and oxygen atoms in total. The zero-order valence-electron chi connectivity index (χ0n) is 13.0. The Morgan fingerprint density at radius 2 is 2.00 bits per heavy atom. The smallest absolute Gasteiger partial charge is 0.148 e. The second kappa shape index (κ2) is 6.01. The van der Waals surface area contributed by atoms with Crippen molar-refractivity contribution in [1.82, 2.24) is 9.55 Å². The van der Waals surface area contributed by atoms with Crippen molar-refractivity contribution < 1.29 is 4.74 Å². The summed E-state index contributed by atoms with van der Waals surface area (Å²) in [4.78, 5) is 4.69. The van der Waals surface area contributed by atoms with Crippen molar-refractivity contribution >= 4 is 22.6 Å². The van der Waals surface area contributed by atoms with E-state index >= 15 is 0 Å². The molecule has 0 saturated carbocycles. The van der Waals surface area contributed by atoms with Gasteiger partial charge in [-0.25, -0.2) is 4.98 Å². The zero-order chi connectivity index (χ0) is 15.7. The number of hydrogen-bond acceptors (Lipinski definition) is 2. The second-order valence-corrected chi connectivity index (χ2v) is 6.17.